The first-order chi connectivity index (χ1) is 15.6. The fraction of sp³-hybridized carbons (Fsp3) is 0.455. The van der Waals surface area contributed by atoms with Crippen molar-refractivity contribution in [1.29, 1.82) is 0 Å². The summed E-state index contributed by atoms with van der Waals surface area (Å²) in [5.74, 6) is 0.701. The summed E-state index contributed by atoms with van der Waals surface area (Å²) in [6, 6.07) is 3.78. The van der Waals surface area contributed by atoms with Gasteiger partial charge in [-0.05, 0) is 55.0 Å². The molecule has 0 saturated heterocycles. The molecule has 33 heavy (non-hydrogen) atoms. The van der Waals surface area contributed by atoms with Crippen LogP contribution >= 0.6 is 34.5 Å². The molecule has 0 radical (unpaired) electrons. The minimum Gasteiger partial charge on any atom is -0.372 e. The number of oxime groups is 1. The van der Waals surface area contributed by atoms with E-state index in [2.05, 4.69) is 10.5 Å². The van der Waals surface area contributed by atoms with Gasteiger partial charge in [0.25, 0.3) is 11.5 Å². The van der Waals surface area contributed by atoms with E-state index >= 15 is 0 Å². The minimum atomic E-state index is -4.74. The first-order valence-corrected chi connectivity index (χ1v) is 12.1. The number of halogens is 5. The number of benzene rings is 1. The fourth-order valence-corrected chi connectivity index (χ4v) is 6.02. The van der Waals surface area contributed by atoms with Gasteiger partial charge in [-0.25, -0.2) is 0 Å². The second kappa shape index (κ2) is 8.06. The second-order valence-corrected chi connectivity index (χ2v) is 10.7. The van der Waals surface area contributed by atoms with Crippen LogP contribution in [0.15, 0.2) is 23.4 Å². The Labute approximate surface area is 202 Å². The van der Waals surface area contributed by atoms with Crippen LogP contribution in [-0.4, -0.2) is 29.4 Å². The molecule has 1 aliphatic carbocycles. The Morgan fingerprint density at radius 1 is 1.27 bits per heavy atom. The predicted octanol–water partition coefficient (Wildman–Crippen LogP) is 6.01. The number of rotatable bonds is 4. The van der Waals surface area contributed by atoms with Crippen molar-refractivity contribution in [3.05, 3.63) is 54.7 Å². The van der Waals surface area contributed by atoms with Crippen LogP contribution in [0, 0.1) is 12.8 Å². The third-order valence-corrected chi connectivity index (χ3v) is 8.11. The number of hydrogen-bond donors (Lipinski definition) is 1. The summed E-state index contributed by atoms with van der Waals surface area (Å²) >= 11 is 13.3. The van der Waals surface area contributed by atoms with Gasteiger partial charge in [-0.1, -0.05) is 28.4 Å². The second-order valence-electron chi connectivity index (χ2n) is 8.73. The molecule has 11 heteroatoms. The lowest BCUT2D eigenvalue weighted by atomic mass is 9.89. The van der Waals surface area contributed by atoms with E-state index in [1.807, 2.05) is 6.92 Å². The Kier molecular flexibility index (Phi) is 5.57. The van der Waals surface area contributed by atoms with E-state index in [0.717, 1.165) is 28.8 Å². The molecule has 1 aromatic heterocycles. The van der Waals surface area contributed by atoms with Crippen molar-refractivity contribution in [3.8, 4) is 0 Å². The average molecular weight is 518 g/mol. The lowest BCUT2D eigenvalue weighted by Gasteiger charge is -2.30. The van der Waals surface area contributed by atoms with Crippen molar-refractivity contribution >= 4 is 46.3 Å². The highest BCUT2D eigenvalue weighted by Gasteiger charge is 2.63. The minimum absolute atomic E-state index is 0.0826. The Morgan fingerprint density at radius 2 is 1.97 bits per heavy atom. The van der Waals surface area contributed by atoms with Crippen molar-refractivity contribution in [1.82, 2.24) is 10.2 Å². The van der Waals surface area contributed by atoms with Crippen molar-refractivity contribution in [3.63, 3.8) is 0 Å². The predicted molar refractivity (Wildman–Crippen MR) is 121 cm³/mol. The van der Waals surface area contributed by atoms with Gasteiger partial charge in [-0.3, -0.25) is 4.79 Å². The number of fused-ring (bicyclic) bond motifs is 1. The van der Waals surface area contributed by atoms with Crippen LogP contribution in [0.25, 0.3) is 0 Å². The zero-order valence-electron chi connectivity index (χ0n) is 17.6. The van der Waals surface area contributed by atoms with Crippen molar-refractivity contribution in [2.75, 3.05) is 6.54 Å². The molecule has 3 aliphatic rings. The molecule has 1 fully saturated rings. The van der Waals surface area contributed by atoms with E-state index in [9.17, 15) is 18.0 Å². The number of amides is 1. The van der Waals surface area contributed by atoms with Crippen LogP contribution in [0.4, 0.5) is 13.2 Å². The largest absolute Gasteiger partial charge is 0.435 e. The molecule has 0 spiro atoms. The van der Waals surface area contributed by atoms with Crippen molar-refractivity contribution in [2.45, 2.75) is 51.1 Å². The topological polar surface area (TPSA) is 53.9 Å². The molecule has 0 bridgehead atoms. The molecule has 176 valence electrons. The summed E-state index contributed by atoms with van der Waals surface area (Å²) in [4.78, 5) is 21.0. The summed E-state index contributed by atoms with van der Waals surface area (Å²) in [6.07, 6.45) is -2.92. The standard InChI is InChI=1S/C22H20Cl2F3N3O2S/c1-11-16-9-30(10-17(16)33-19(11)20(31)28-8-12-2-3-12)18-7-21(32-29-18,22(25,26)27)13-4-14(23)6-15(24)5-13/h4-6,12H,2-3,7-10H2,1H3,(H,28,31). The molecular weight excluding hydrogens is 498 g/mol. The van der Waals surface area contributed by atoms with Gasteiger partial charge in [0.05, 0.1) is 17.8 Å². The number of alkyl halides is 3. The van der Waals surface area contributed by atoms with Gasteiger partial charge < -0.3 is 15.1 Å². The van der Waals surface area contributed by atoms with E-state index in [1.54, 1.807) is 4.90 Å². The number of nitrogens with zero attached hydrogens (tertiary/aromatic N) is 2. The molecule has 1 saturated carbocycles. The van der Waals surface area contributed by atoms with Gasteiger partial charge in [0.1, 0.15) is 5.84 Å². The first-order valence-electron chi connectivity index (χ1n) is 10.5. The smallest absolute Gasteiger partial charge is 0.372 e. The normalized spacial score (nSPS) is 22.2. The molecule has 2 aliphatic heterocycles. The van der Waals surface area contributed by atoms with Crippen molar-refractivity contribution in [2.24, 2.45) is 11.1 Å². The first kappa shape index (κ1) is 22.8. The molecule has 5 rings (SSSR count). The zero-order valence-corrected chi connectivity index (χ0v) is 19.9. The van der Waals surface area contributed by atoms with Gasteiger partial charge in [-0.2, -0.15) is 13.2 Å². The van der Waals surface area contributed by atoms with E-state index in [4.69, 9.17) is 28.0 Å². The number of carbonyl (C=O) groups excluding carboxylic acids is 1. The average Bonchev–Trinajstić information content (AvgIpc) is 3.15. The third-order valence-electron chi connectivity index (χ3n) is 6.36. The number of nitrogens with one attached hydrogen (secondary N) is 1. The lowest BCUT2D eigenvalue weighted by molar-refractivity contribution is -0.275. The summed E-state index contributed by atoms with van der Waals surface area (Å²) in [5, 5.41) is 7.00. The number of amidine groups is 1. The third kappa shape index (κ3) is 4.08. The molecule has 1 N–H and O–H groups in total. The fourth-order valence-electron chi connectivity index (χ4n) is 4.25. The Hall–Kier alpha value is -1.97. The van der Waals surface area contributed by atoms with Crippen LogP contribution in [-0.2, 0) is 23.5 Å². The molecule has 1 aromatic carbocycles. The Morgan fingerprint density at radius 3 is 2.58 bits per heavy atom. The summed E-state index contributed by atoms with van der Waals surface area (Å²) in [7, 11) is 0. The molecule has 1 unspecified atom stereocenters. The van der Waals surface area contributed by atoms with Gasteiger partial charge in [0.2, 0.25) is 0 Å². The van der Waals surface area contributed by atoms with Crippen LogP contribution in [0.2, 0.25) is 10.0 Å². The quantitative estimate of drug-likeness (QED) is 0.540. The molecular formula is C22H20Cl2F3N3O2S. The van der Waals surface area contributed by atoms with E-state index in [1.165, 1.54) is 29.5 Å². The molecule has 5 nitrogen and oxygen atoms in total. The number of thiophene rings is 1. The summed E-state index contributed by atoms with van der Waals surface area (Å²) < 4.78 is 42.7. The van der Waals surface area contributed by atoms with Gasteiger partial charge in [0.15, 0.2) is 0 Å². The van der Waals surface area contributed by atoms with Crippen LogP contribution in [0.1, 0.15) is 50.5 Å². The number of carbonyl (C=O) groups is 1. The van der Waals surface area contributed by atoms with Gasteiger partial charge >= 0.3 is 6.18 Å². The van der Waals surface area contributed by atoms with Gasteiger partial charge in [0, 0.05) is 33.6 Å². The molecule has 3 heterocycles. The highest BCUT2D eigenvalue weighted by Crippen LogP contribution is 2.50. The molecule has 2 aromatic rings. The maximum absolute atomic E-state index is 14.2. The van der Waals surface area contributed by atoms with E-state index in [0.29, 0.717) is 30.4 Å². The molecule has 1 amide bonds. The molecule has 1 atom stereocenters. The zero-order chi connectivity index (χ0) is 23.5. The highest BCUT2D eigenvalue weighted by molar-refractivity contribution is 7.14. The SMILES string of the molecule is Cc1c(C(=O)NCC2CC2)sc2c1CN(C1=NOC(c3cc(Cl)cc(Cl)c3)(C(F)(F)F)C1)C2. The van der Waals surface area contributed by atoms with Crippen LogP contribution < -0.4 is 5.32 Å². The van der Waals surface area contributed by atoms with Gasteiger partial charge in [-0.15, -0.1) is 11.3 Å². The van der Waals surface area contributed by atoms with Crippen LogP contribution in [0.5, 0.6) is 0 Å². The highest BCUT2D eigenvalue weighted by atomic mass is 35.5. The Balaban J connectivity index is 1.34. The summed E-state index contributed by atoms with van der Waals surface area (Å²) in [5.41, 5.74) is -1.01. The van der Waals surface area contributed by atoms with Crippen molar-refractivity contribution < 1.29 is 22.8 Å². The van der Waals surface area contributed by atoms with E-state index < -0.39 is 18.2 Å². The summed E-state index contributed by atoms with van der Waals surface area (Å²) in [6.45, 7) is 3.32. The monoisotopic (exact) mass is 517 g/mol. The maximum atomic E-state index is 14.2. The lowest BCUT2D eigenvalue weighted by Crippen LogP contribution is -2.43. The number of hydrogen-bond acceptors (Lipinski definition) is 5. The Bertz CT molecular complexity index is 1140. The van der Waals surface area contributed by atoms with E-state index in [-0.39, 0.29) is 27.4 Å². The van der Waals surface area contributed by atoms with Crippen LogP contribution in [0.3, 0.4) is 0 Å². The maximum Gasteiger partial charge on any atom is 0.435 e.